The number of hydrogen-bond donors (Lipinski definition) is 0. The number of ether oxygens (including phenoxy) is 1. The van der Waals surface area contributed by atoms with Crippen LogP contribution in [-0.4, -0.2) is 46.8 Å². The van der Waals surface area contributed by atoms with Gasteiger partial charge in [0.1, 0.15) is 5.82 Å². The Morgan fingerprint density at radius 3 is 2.83 bits per heavy atom. The molecule has 0 amide bonds. The molecule has 1 fully saturated rings. The average molecular weight is 334 g/mol. The Morgan fingerprint density at radius 2 is 2.13 bits per heavy atom. The number of benzene rings is 1. The van der Waals surface area contributed by atoms with Gasteiger partial charge in [-0.15, -0.1) is 10.2 Å². The molecular formula is C16H19FN4OS. The molecule has 23 heavy (non-hydrogen) atoms. The number of anilines is 1. The van der Waals surface area contributed by atoms with E-state index in [0.29, 0.717) is 13.2 Å². The fraction of sp³-hybridized carbons (Fsp3) is 0.375. The van der Waals surface area contributed by atoms with Crippen LogP contribution in [0.25, 0.3) is 5.69 Å². The second-order valence-corrected chi connectivity index (χ2v) is 6.39. The Labute approximate surface area is 139 Å². The zero-order valence-corrected chi connectivity index (χ0v) is 13.9. The number of thioether (sulfide) groups is 1. The summed E-state index contributed by atoms with van der Waals surface area (Å²) in [6, 6.07) is 6.49. The summed E-state index contributed by atoms with van der Waals surface area (Å²) in [5.41, 5.74) is 1.78. The summed E-state index contributed by atoms with van der Waals surface area (Å²) in [7, 11) is 0. The highest BCUT2D eigenvalue weighted by molar-refractivity contribution is 7.99. The second-order valence-electron chi connectivity index (χ2n) is 5.44. The first-order valence-electron chi connectivity index (χ1n) is 7.46. The fourth-order valence-corrected chi connectivity index (χ4v) is 3.14. The van der Waals surface area contributed by atoms with E-state index in [4.69, 9.17) is 4.74 Å². The minimum atomic E-state index is -0.278. The monoisotopic (exact) mass is 334 g/mol. The van der Waals surface area contributed by atoms with Gasteiger partial charge < -0.3 is 9.64 Å². The van der Waals surface area contributed by atoms with Gasteiger partial charge in [-0.2, -0.15) is 0 Å². The average Bonchev–Trinajstić information content (AvgIpc) is 2.97. The highest BCUT2D eigenvalue weighted by Gasteiger charge is 2.21. The van der Waals surface area contributed by atoms with Crippen molar-refractivity contribution < 1.29 is 9.13 Å². The molecule has 0 bridgehead atoms. The van der Waals surface area contributed by atoms with Crippen LogP contribution in [0.15, 0.2) is 41.6 Å². The molecule has 2 heterocycles. The molecule has 0 radical (unpaired) electrons. The molecule has 0 spiro atoms. The third-order valence-electron chi connectivity index (χ3n) is 3.42. The Kier molecular flexibility index (Phi) is 4.97. The van der Waals surface area contributed by atoms with E-state index in [-0.39, 0.29) is 5.82 Å². The lowest BCUT2D eigenvalue weighted by Gasteiger charge is -2.27. The van der Waals surface area contributed by atoms with E-state index >= 15 is 0 Å². The lowest BCUT2D eigenvalue weighted by Crippen LogP contribution is -2.37. The highest BCUT2D eigenvalue weighted by atomic mass is 32.2. The molecule has 1 saturated heterocycles. The normalized spacial score (nSPS) is 15.0. The van der Waals surface area contributed by atoms with Crippen LogP contribution < -0.4 is 4.90 Å². The summed E-state index contributed by atoms with van der Waals surface area (Å²) in [5, 5.41) is 9.37. The van der Waals surface area contributed by atoms with Crippen molar-refractivity contribution in [3.8, 4) is 5.69 Å². The molecule has 0 aliphatic carbocycles. The number of hydrogen-bond acceptors (Lipinski definition) is 5. The highest BCUT2D eigenvalue weighted by Crippen LogP contribution is 2.28. The molecule has 1 aliphatic rings. The summed E-state index contributed by atoms with van der Waals surface area (Å²) < 4.78 is 21.0. The van der Waals surface area contributed by atoms with Gasteiger partial charge in [-0.25, -0.2) is 4.39 Å². The molecule has 1 aromatic heterocycles. The Bertz CT molecular complexity index is 697. The molecule has 0 unspecified atom stereocenters. The Balaban J connectivity index is 2.00. The zero-order valence-electron chi connectivity index (χ0n) is 13.0. The number of halogens is 1. The molecule has 0 saturated carbocycles. The van der Waals surface area contributed by atoms with Crippen molar-refractivity contribution in [2.45, 2.75) is 12.1 Å². The molecule has 5 nitrogen and oxygen atoms in total. The maximum absolute atomic E-state index is 13.7. The topological polar surface area (TPSA) is 43.2 Å². The molecule has 2 aromatic rings. The van der Waals surface area contributed by atoms with Crippen molar-refractivity contribution in [1.82, 2.24) is 14.8 Å². The molecule has 0 atom stereocenters. The first-order chi connectivity index (χ1) is 11.1. The molecule has 3 rings (SSSR count). The fourth-order valence-electron chi connectivity index (χ4n) is 2.35. The quantitative estimate of drug-likeness (QED) is 0.621. The van der Waals surface area contributed by atoms with Crippen LogP contribution in [0.5, 0.6) is 0 Å². The van der Waals surface area contributed by atoms with Crippen molar-refractivity contribution in [2.24, 2.45) is 0 Å². The largest absolute Gasteiger partial charge is 0.378 e. The van der Waals surface area contributed by atoms with Crippen LogP contribution in [-0.2, 0) is 4.74 Å². The summed E-state index contributed by atoms with van der Waals surface area (Å²) in [5.74, 6) is 1.19. The molecule has 1 aliphatic heterocycles. The SMILES string of the molecule is C=C(C)CSc1nnc(N2CCOCC2)n1-c1cccc(F)c1. The lowest BCUT2D eigenvalue weighted by atomic mass is 10.3. The minimum absolute atomic E-state index is 0.278. The predicted molar refractivity (Wildman–Crippen MR) is 89.9 cm³/mol. The number of aromatic nitrogens is 3. The third kappa shape index (κ3) is 3.73. The van der Waals surface area contributed by atoms with Crippen molar-refractivity contribution in [1.29, 1.82) is 0 Å². The number of morpholine rings is 1. The maximum Gasteiger partial charge on any atom is 0.232 e. The van der Waals surface area contributed by atoms with Gasteiger partial charge in [-0.1, -0.05) is 30.0 Å². The van der Waals surface area contributed by atoms with E-state index in [1.54, 1.807) is 17.8 Å². The van der Waals surface area contributed by atoms with Gasteiger partial charge in [0.15, 0.2) is 5.16 Å². The standard InChI is InChI=1S/C16H19FN4OS/c1-12(2)11-23-16-19-18-15(20-6-8-22-9-7-20)21(16)14-5-3-4-13(17)10-14/h3-5,10H,1,6-9,11H2,2H3. The van der Waals surface area contributed by atoms with Gasteiger partial charge >= 0.3 is 0 Å². The Hall–Kier alpha value is -1.86. The van der Waals surface area contributed by atoms with E-state index in [9.17, 15) is 4.39 Å². The predicted octanol–water partition coefficient (Wildman–Crippen LogP) is 2.91. The molecule has 7 heteroatoms. The third-order valence-corrected chi connectivity index (χ3v) is 4.58. The molecular weight excluding hydrogens is 315 g/mol. The van der Waals surface area contributed by atoms with Crippen molar-refractivity contribution in [2.75, 3.05) is 37.0 Å². The van der Waals surface area contributed by atoms with Crippen LogP contribution in [0.2, 0.25) is 0 Å². The van der Waals surface area contributed by atoms with E-state index in [1.807, 2.05) is 17.6 Å². The van der Waals surface area contributed by atoms with Gasteiger partial charge in [0, 0.05) is 18.8 Å². The minimum Gasteiger partial charge on any atom is -0.378 e. The van der Waals surface area contributed by atoms with Gasteiger partial charge in [-0.3, -0.25) is 4.57 Å². The first kappa shape index (κ1) is 16.0. The summed E-state index contributed by atoms with van der Waals surface area (Å²) in [6.07, 6.45) is 0. The van der Waals surface area contributed by atoms with Gasteiger partial charge in [-0.05, 0) is 25.1 Å². The summed E-state index contributed by atoms with van der Waals surface area (Å²) in [4.78, 5) is 2.12. The van der Waals surface area contributed by atoms with Crippen LogP contribution in [0.4, 0.5) is 10.3 Å². The van der Waals surface area contributed by atoms with E-state index in [1.165, 1.54) is 12.1 Å². The van der Waals surface area contributed by atoms with Gasteiger partial charge in [0.05, 0.1) is 18.9 Å². The summed E-state index contributed by atoms with van der Waals surface area (Å²) >= 11 is 1.55. The number of rotatable bonds is 5. The lowest BCUT2D eigenvalue weighted by molar-refractivity contribution is 0.122. The Morgan fingerprint density at radius 1 is 1.35 bits per heavy atom. The maximum atomic E-state index is 13.7. The van der Waals surface area contributed by atoms with E-state index in [0.717, 1.165) is 41.2 Å². The van der Waals surface area contributed by atoms with Crippen LogP contribution in [0, 0.1) is 5.82 Å². The van der Waals surface area contributed by atoms with Crippen molar-refractivity contribution in [3.63, 3.8) is 0 Å². The molecule has 1 aromatic carbocycles. The second kappa shape index (κ2) is 7.14. The van der Waals surface area contributed by atoms with Crippen molar-refractivity contribution >= 4 is 17.7 Å². The van der Waals surface area contributed by atoms with Crippen LogP contribution in [0.1, 0.15) is 6.92 Å². The molecule has 122 valence electrons. The number of nitrogens with zero attached hydrogens (tertiary/aromatic N) is 4. The van der Waals surface area contributed by atoms with E-state index in [2.05, 4.69) is 21.7 Å². The van der Waals surface area contributed by atoms with Gasteiger partial charge in [0.2, 0.25) is 5.95 Å². The van der Waals surface area contributed by atoms with Crippen molar-refractivity contribution in [3.05, 3.63) is 42.2 Å². The zero-order chi connectivity index (χ0) is 16.2. The smallest absolute Gasteiger partial charge is 0.232 e. The molecule has 0 N–H and O–H groups in total. The first-order valence-corrected chi connectivity index (χ1v) is 8.45. The van der Waals surface area contributed by atoms with E-state index < -0.39 is 0 Å². The summed E-state index contributed by atoms with van der Waals surface area (Å²) in [6.45, 7) is 8.70. The van der Waals surface area contributed by atoms with Crippen LogP contribution >= 0.6 is 11.8 Å². The van der Waals surface area contributed by atoms with Crippen LogP contribution in [0.3, 0.4) is 0 Å². The van der Waals surface area contributed by atoms with Gasteiger partial charge in [0.25, 0.3) is 0 Å².